The minimum absolute atomic E-state index is 0.0533. The molecule has 2 rings (SSSR count). The van der Waals surface area contributed by atoms with Crippen LogP contribution in [0.2, 0.25) is 0 Å². The van der Waals surface area contributed by atoms with Crippen molar-refractivity contribution in [3.05, 3.63) is 60.2 Å². The van der Waals surface area contributed by atoms with E-state index < -0.39 is 22.0 Å². The Hall–Kier alpha value is -2.38. The van der Waals surface area contributed by atoms with Crippen LogP contribution < -0.4 is 10.5 Å². The summed E-state index contributed by atoms with van der Waals surface area (Å²) in [6.07, 6.45) is 0.0533. The number of nitrogens with one attached hydrogen (secondary N) is 1. The Labute approximate surface area is 128 Å². The number of anilines is 1. The minimum Gasteiger partial charge on any atom is -0.480 e. The highest BCUT2D eigenvalue weighted by Gasteiger charge is 2.25. The molecule has 1 atom stereocenters. The first-order valence-corrected chi connectivity index (χ1v) is 8.01. The second-order valence-electron chi connectivity index (χ2n) is 4.77. The van der Waals surface area contributed by atoms with E-state index in [9.17, 15) is 18.3 Å². The zero-order chi connectivity index (χ0) is 16.2. The summed E-state index contributed by atoms with van der Waals surface area (Å²) in [6.45, 7) is 0. The third-order valence-corrected chi connectivity index (χ3v) is 4.52. The highest BCUT2D eigenvalue weighted by atomic mass is 32.2. The molecule has 2 aromatic rings. The summed E-state index contributed by atoms with van der Waals surface area (Å²) >= 11 is 0. The molecule has 0 amide bonds. The summed E-state index contributed by atoms with van der Waals surface area (Å²) in [7, 11) is -3.96. The number of hydrogen-bond acceptors (Lipinski definition) is 4. The smallest absolute Gasteiger partial charge is 0.322 e. The Morgan fingerprint density at radius 1 is 1.14 bits per heavy atom. The van der Waals surface area contributed by atoms with Crippen LogP contribution in [0.1, 0.15) is 5.56 Å². The van der Waals surface area contributed by atoms with Crippen LogP contribution in [0.15, 0.2) is 59.5 Å². The average molecular weight is 320 g/mol. The number of rotatable bonds is 6. The Bertz CT molecular complexity index is 760. The topological polar surface area (TPSA) is 109 Å². The lowest BCUT2D eigenvalue weighted by atomic mass is 10.1. The normalized spacial score (nSPS) is 12.7. The Morgan fingerprint density at radius 3 is 2.41 bits per heavy atom. The van der Waals surface area contributed by atoms with Crippen molar-refractivity contribution in [3.63, 3.8) is 0 Å². The molecular weight excluding hydrogens is 304 g/mol. The number of carboxylic acid groups (broad SMARTS) is 1. The van der Waals surface area contributed by atoms with Crippen molar-refractivity contribution < 1.29 is 18.3 Å². The fraction of sp³-hybridized carbons (Fsp3) is 0.133. The fourth-order valence-corrected chi connectivity index (χ4v) is 3.21. The number of benzene rings is 2. The predicted octanol–water partition coefficient (Wildman–Crippen LogP) is 1.24. The van der Waals surface area contributed by atoms with Gasteiger partial charge in [-0.15, -0.1) is 0 Å². The van der Waals surface area contributed by atoms with Gasteiger partial charge in [0.25, 0.3) is 0 Å². The van der Waals surface area contributed by atoms with Gasteiger partial charge in [0.05, 0.1) is 4.90 Å². The van der Waals surface area contributed by atoms with Crippen LogP contribution >= 0.6 is 0 Å². The van der Waals surface area contributed by atoms with Crippen LogP contribution in [0.25, 0.3) is 0 Å². The molecule has 0 fully saturated rings. The summed E-state index contributed by atoms with van der Waals surface area (Å²) in [4.78, 5) is 11.3. The lowest BCUT2D eigenvalue weighted by Crippen LogP contribution is -2.42. The number of sulfonamides is 1. The van der Waals surface area contributed by atoms with E-state index in [0.717, 1.165) is 5.56 Å². The van der Waals surface area contributed by atoms with E-state index in [1.165, 1.54) is 18.2 Å². The fourth-order valence-electron chi connectivity index (χ4n) is 1.97. The molecule has 0 aliphatic heterocycles. The molecule has 0 aliphatic rings. The van der Waals surface area contributed by atoms with Crippen LogP contribution in [-0.4, -0.2) is 25.5 Å². The van der Waals surface area contributed by atoms with Gasteiger partial charge in [-0.1, -0.05) is 36.4 Å². The molecular formula is C15H16N2O4S. The van der Waals surface area contributed by atoms with Gasteiger partial charge in [0.1, 0.15) is 6.04 Å². The largest absolute Gasteiger partial charge is 0.480 e. The highest BCUT2D eigenvalue weighted by Crippen LogP contribution is 2.14. The summed E-state index contributed by atoms with van der Waals surface area (Å²) < 4.78 is 26.7. The molecule has 7 heteroatoms. The van der Waals surface area contributed by atoms with Gasteiger partial charge in [0.2, 0.25) is 10.0 Å². The van der Waals surface area contributed by atoms with Crippen molar-refractivity contribution in [1.29, 1.82) is 0 Å². The Balaban J connectivity index is 2.22. The van der Waals surface area contributed by atoms with E-state index >= 15 is 0 Å². The molecule has 0 saturated heterocycles. The van der Waals surface area contributed by atoms with Crippen molar-refractivity contribution in [2.75, 3.05) is 5.73 Å². The van der Waals surface area contributed by atoms with E-state index in [0.29, 0.717) is 0 Å². The third kappa shape index (κ3) is 4.06. The lowest BCUT2D eigenvalue weighted by molar-refractivity contribution is -0.138. The second kappa shape index (κ2) is 6.59. The predicted molar refractivity (Wildman–Crippen MR) is 82.7 cm³/mol. The van der Waals surface area contributed by atoms with Crippen LogP contribution in [0, 0.1) is 0 Å². The van der Waals surface area contributed by atoms with Gasteiger partial charge in [-0.05, 0) is 30.2 Å². The summed E-state index contributed by atoms with van der Waals surface area (Å²) in [5.41, 5.74) is 6.58. The second-order valence-corrected chi connectivity index (χ2v) is 6.49. The Kier molecular flexibility index (Phi) is 4.79. The van der Waals surface area contributed by atoms with E-state index in [2.05, 4.69) is 4.72 Å². The molecule has 4 N–H and O–H groups in total. The number of carboxylic acids is 1. The number of aliphatic carboxylic acids is 1. The number of hydrogen-bond donors (Lipinski definition) is 3. The van der Waals surface area contributed by atoms with E-state index in [1.54, 1.807) is 36.4 Å². The van der Waals surface area contributed by atoms with Gasteiger partial charge >= 0.3 is 5.97 Å². The highest BCUT2D eigenvalue weighted by molar-refractivity contribution is 7.89. The van der Waals surface area contributed by atoms with E-state index in [4.69, 9.17) is 5.73 Å². The molecule has 0 radical (unpaired) electrons. The molecule has 0 aliphatic carbocycles. The monoisotopic (exact) mass is 320 g/mol. The van der Waals surface area contributed by atoms with Crippen molar-refractivity contribution in [3.8, 4) is 0 Å². The molecule has 0 aromatic heterocycles. The first-order chi connectivity index (χ1) is 10.4. The molecule has 2 aromatic carbocycles. The number of carbonyl (C=O) groups is 1. The SMILES string of the molecule is Nc1cccc(S(=O)(=O)NC(Cc2ccccc2)C(=O)O)c1. The van der Waals surface area contributed by atoms with Crippen LogP contribution in [-0.2, 0) is 21.2 Å². The number of nitrogen functional groups attached to an aromatic ring is 1. The van der Waals surface area contributed by atoms with Gasteiger partial charge in [-0.2, -0.15) is 4.72 Å². The van der Waals surface area contributed by atoms with Gasteiger partial charge in [-0.3, -0.25) is 4.79 Å². The maximum absolute atomic E-state index is 12.3. The van der Waals surface area contributed by atoms with Crippen LogP contribution in [0.5, 0.6) is 0 Å². The minimum atomic E-state index is -3.96. The standard InChI is InChI=1S/C15H16N2O4S/c16-12-7-4-8-13(10-12)22(20,21)17-14(15(18)19)9-11-5-2-1-3-6-11/h1-8,10,14,17H,9,16H2,(H,18,19). The molecule has 1 unspecified atom stereocenters. The first kappa shape index (κ1) is 16.0. The Morgan fingerprint density at radius 2 is 1.82 bits per heavy atom. The zero-order valence-corrected chi connectivity index (χ0v) is 12.5. The third-order valence-electron chi connectivity index (χ3n) is 3.05. The first-order valence-electron chi connectivity index (χ1n) is 6.53. The quantitative estimate of drug-likeness (QED) is 0.694. The molecule has 22 heavy (non-hydrogen) atoms. The maximum Gasteiger partial charge on any atom is 0.322 e. The van der Waals surface area contributed by atoms with Crippen molar-refractivity contribution in [2.45, 2.75) is 17.4 Å². The van der Waals surface area contributed by atoms with Gasteiger partial charge in [0.15, 0.2) is 0 Å². The summed E-state index contributed by atoms with van der Waals surface area (Å²) in [5, 5.41) is 9.25. The molecule has 0 bridgehead atoms. The van der Waals surface area contributed by atoms with E-state index in [1.807, 2.05) is 0 Å². The van der Waals surface area contributed by atoms with Gasteiger partial charge in [0, 0.05) is 5.69 Å². The van der Waals surface area contributed by atoms with Crippen LogP contribution in [0.3, 0.4) is 0 Å². The lowest BCUT2D eigenvalue weighted by Gasteiger charge is -2.15. The summed E-state index contributed by atoms with van der Waals surface area (Å²) in [6, 6.07) is 13.2. The molecule has 0 heterocycles. The summed E-state index contributed by atoms with van der Waals surface area (Å²) in [5.74, 6) is -1.24. The molecule has 6 nitrogen and oxygen atoms in total. The van der Waals surface area contributed by atoms with Crippen molar-refractivity contribution >= 4 is 21.7 Å². The van der Waals surface area contributed by atoms with Gasteiger partial charge in [-0.25, -0.2) is 8.42 Å². The molecule has 116 valence electrons. The van der Waals surface area contributed by atoms with Crippen molar-refractivity contribution in [1.82, 2.24) is 4.72 Å². The van der Waals surface area contributed by atoms with Crippen LogP contribution in [0.4, 0.5) is 5.69 Å². The van der Waals surface area contributed by atoms with Gasteiger partial charge < -0.3 is 10.8 Å². The number of nitrogens with two attached hydrogens (primary N) is 1. The molecule has 0 spiro atoms. The average Bonchev–Trinajstić information content (AvgIpc) is 2.47. The zero-order valence-electron chi connectivity index (χ0n) is 11.6. The van der Waals surface area contributed by atoms with E-state index in [-0.39, 0.29) is 17.0 Å². The van der Waals surface area contributed by atoms with Crippen molar-refractivity contribution in [2.24, 2.45) is 0 Å². The maximum atomic E-state index is 12.3. The molecule has 0 saturated carbocycles.